The molecule has 1 aliphatic rings. The molecule has 0 spiro atoms. The van der Waals surface area contributed by atoms with Crippen LogP contribution in [0.15, 0.2) is 29.2 Å². The molecule has 1 fully saturated rings. The predicted molar refractivity (Wildman–Crippen MR) is 84.4 cm³/mol. The highest BCUT2D eigenvalue weighted by Crippen LogP contribution is 2.40. The van der Waals surface area contributed by atoms with Crippen molar-refractivity contribution in [3.63, 3.8) is 0 Å². The van der Waals surface area contributed by atoms with E-state index in [0.717, 1.165) is 12.8 Å². The van der Waals surface area contributed by atoms with Gasteiger partial charge in [-0.15, -0.1) is 0 Å². The highest BCUT2D eigenvalue weighted by molar-refractivity contribution is 7.92. The van der Waals surface area contributed by atoms with Gasteiger partial charge in [-0.05, 0) is 49.9 Å². The Balaban J connectivity index is 2.39. The summed E-state index contributed by atoms with van der Waals surface area (Å²) in [4.78, 5) is 0.352. The van der Waals surface area contributed by atoms with Gasteiger partial charge in [-0.3, -0.25) is 0 Å². The third kappa shape index (κ3) is 3.40. The van der Waals surface area contributed by atoms with E-state index >= 15 is 0 Å². The first kappa shape index (κ1) is 16.3. The van der Waals surface area contributed by atoms with E-state index < -0.39 is 15.1 Å². The van der Waals surface area contributed by atoms with Gasteiger partial charge in [0.2, 0.25) is 0 Å². The summed E-state index contributed by atoms with van der Waals surface area (Å²) >= 11 is 0. The average molecular weight is 311 g/mol. The number of hydrogen-bond donors (Lipinski definition) is 1. The van der Waals surface area contributed by atoms with E-state index in [-0.39, 0.29) is 11.5 Å². The maximum atomic E-state index is 13.0. The second-order valence-electron chi connectivity index (χ2n) is 6.56. The second kappa shape index (κ2) is 5.97. The van der Waals surface area contributed by atoms with Gasteiger partial charge in [-0.25, -0.2) is 8.42 Å². The van der Waals surface area contributed by atoms with E-state index in [1.807, 2.05) is 7.05 Å². The molecule has 1 aliphatic carbocycles. The molecule has 21 heavy (non-hydrogen) atoms. The number of nitrogens with one attached hydrogen (secondary N) is 1. The van der Waals surface area contributed by atoms with E-state index in [1.165, 1.54) is 0 Å². The lowest BCUT2D eigenvalue weighted by molar-refractivity contribution is 0.213. The normalized spacial score (nSPS) is 25.5. The minimum absolute atomic E-state index is 0.00854. The molecule has 1 aromatic carbocycles. The van der Waals surface area contributed by atoms with Crippen LogP contribution in [0.3, 0.4) is 0 Å². The third-order valence-electron chi connectivity index (χ3n) is 4.47. The molecule has 1 aromatic rings. The maximum absolute atomic E-state index is 13.0. The molecule has 4 nitrogen and oxygen atoms in total. The van der Waals surface area contributed by atoms with Crippen molar-refractivity contribution < 1.29 is 13.2 Å². The Hall–Kier alpha value is -1.07. The van der Waals surface area contributed by atoms with E-state index in [1.54, 1.807) is 31.4 Å². The van der Waals surface area contributed by atoms with Crippen molar-refractivity contribution in [2.75, 3.05) is 14.2 Å². The molecule has 2 rings (SSSR count). The molecule has 1 saturated carbocycles. The van der Waals surface area contributed by atoms with Gasteiger partial charge in [0.25, 0.3) is 0 Å². The zero-order valence-corrected chi connectivity index (χ0v) is 14.0. The number of rotatable bonds is 4. The highest BCUT2D eigenvalue weighted by atomic mass is 32.2. The summed E-state index contributed by atoms with van der Waals surface area (Å²) in [5, 5.41) is 2.80. The number of methoxy groups -OCH3 is 1. The lowest BCUT2D eigenvalue weighted by atomic mass is 9.75. The first-order valence-electron chi connectivity index (χ1n) is 7.35. The van der Waals surface area contributed by atoms with Crippen LogP contribution >= 0.6 is 0 Å². The molecule has 118 valence electrons. The Morgan fingerprint density at radius 1 is 1.33 bits per heavy atom. The molecule has 0 aliphatic heterocycles. The van der Waals surface area contributed by atoms with Gasteiger partial charge in [-0.2, -0.15) is 0 Å². The lowest BCUT2D eigenvalue weighted by Crippen LogP contribution is -2.48. The number of sulfone groups is 1. The molecule has 0 bridgehead atoms. The molecule has 0 saturated heterocycles. The van der Waals surface area contributed by atoms with Crippen molar-refractivity contribution in [3.8, 4) is 5.75 Å². The summed E-state index contributed by atoms with van der Waals surface area (Å²) in [6.07, 6.45) is 2.61. The van der Waals surface area contributed by atoms with Crippen LogP contribution in [0, 0.1) is 5.41 Å². The van der Waals surface area contributed by atoms with Gasteiger partial charge >= 0.3 is 0 Å². The summed E-state index contributed by atoms with van der Waals surface area (Å²) in [6, 6.07) is 6.78. The Bertz CT molecular complexity index is 595. The Kier molecular flexibility index (Phi) is 4.63. The number of benzene rings is 1. The molecule has 0 heterocycles. The van der Waals surface area contributed by atoms with Crippen molar-refractivity contribution in [3.05, 3.63) is 24.3 Å². The van der Waals surface area contributed by atoms with E-state index in [4.69, 9.17) is 4.74 Å². The minimum atomic E-state index is -3.37. The van der Waals surface area contributed by atoms with Gasteiger partial charge in [-0.1, -0.05) is 19.9 Å². The van der Waals surface area contributed by atoms with Gasteiger partial charge in [0.15, 0.2) is 9.84 Å². The highest BCUT2D eigenvalue weighted by Gasteiger charge is 2.42. The molecular weight excluding hydrogens is 286 g/mol. The third-order valence-corrected chi connectivity index (χ3v) is 6.68. The number of ether oxygens (including phenoxy) is 1. The van der Waals surface area contributed by atoms with Crippen LogP contribution < -0.4 is 10.1 Å². The first-order chi connectivity index (χ1) is 9.80. The molecule has 0 amide bonds. The van der Waals surface area contributed by atoms with Crippen LogP contribution in [-0.4, -0.2) is 33.9 Å². The van der Waals surface area contributed by atoms with Crippen LogP contribution in [0.4, 0.5) is 0 Å². The Morgan fingerprint density at radius 3 is 2.67 bits per heavy atom. The zero-order valence-electron chi connectivity index (χ0n) is 13.2. The topological polar surface area (TPSA) is 55.4 Å². The number of hydrogen-bond acceptors (Lipinski definition) is 4. The van der Waals surface area contributed by atoms with Gasteiger partial charge in [0, 0.05) is 6.04 Å². The first-order valence-corrected chi connectivity index (χ1v) is 8.90. The standard InChI is InChI=1S/C16H25NO3S/c1-16(2)9-8-14(17-3)15(11-16)21(18,19)13-7-5-6-12(10-13)20-4/h5-7,10,14-15,17H,8-9,11H2,1-4H3. The minimum Gasteiger partial charge on any atom is -0.497 e. The van der Waals surface area contributed by atoms with Crippen molar-refractivity contribution in [2.45, 2.75) is 49.3 Å². The summed E-state index contributed by atoms with van der Waals surface area (Å²) in [5.41, 5.74) is 0.0595. The quantitative estimate of drug-likeness (QED) is 0.929. The fourth-order valence-corrected chi connectivity index (χ4v) is 5.40. The summed E-state index contributed by atoms with van der Waals surface area (Å²) in [5.74, 6) is 0.576. The smallest absolute Gasteiger partial charge is 0.182 e. The average Bonchev–Trinajstić information content (AvgIpc) is 2.46. The van der Waals surface area contributed by atoms with Gasteiger partial charge in [0.1, 0.15) is 5.75 Å². The fourth-order valence-electron chi connectivity index (χ4n) is 3.13. The molecular formula is C16H25NO3S. The van der Waals surface area contributed by atoms with Crippen LogP contribution in [-0.2, 0) is 9.84 Å². The summed E-state index contributed by atoms with van der Waals surface area (Å²) in [6.45, 7) is 4.29. The van der Waals surface area contributed by atoms with Crippen molar-refractivity contribution in [1.82, 2.24) is 5.32 Å². The molecule has 0 aromatic heterocycles. The Morgan fingerprint density at radius 2 is 2.05 bits per heavy atom. The molecule has 0 radical (unpaired) electrons. The van der Waals surface area contributed by atoms with E-state index in [9.17, 15) is 8.42 Å². The molecule has 2 atom stereocenters. The van der Waals surface area contributed by atoms with Crippen molar-refractivity contribution in [1.29, 1.82) is 0 Å². The Labute approximate surface area is 127 Å². The zero-order chi connectivity index (χ0) is 15.7. The predicted octanol–water partition coefficient (Wildman–Crippen LogP) is 2.64. The lowest BCUT2D eigenvalue weighted by Gasteiger charge is -2.40. The molecule has 1 N–H and O–H groups in total. The van der Waals surface area contributed by atoms with Gasteiger partial charge in [0.05, 0.1) is 17.3 Å². The maximum Gasteiger partial charge on any atom is 0.182 e. The van der Waals surface area contributed by atoms with E-state index in [0.29, 0.717) is 17.1 Å². The molecule has 2 unspecified atom stereocenters. The van der Waals surface area contributed by atoms with Crippen LogP contribution in [0.2, 0.25) is 0 Å². The van der Waals surface area contributed by atoms with Crippen LogP contribution in [0.25, 0.3) is 0 Å². The summed E-state index contributed by atoms with van der Waals surface area (Å²) in [7, 11) is 0.0224. The summed E-state index contributed by atoms with van der Waals surface area (Å²) < 4.78 is 31.2. The fraction of sp³-hybridized carbons (Fsp3) is 0.625. The second-order valence-corrected chi connectivity index (χ2v) is 8.73. The van der Waals surface area contributed by atoms with Crippen molar-refractivity contribution in [2.24, 2.45) is 5.41 Å². The van der Waals surface area contributed by atoms with Gasteiger partial charge < -0.3 is 10.1 Å². The van der Waals surface area contributed by atoms with E-state index in [2.05, 4.69) is 19.2 Å². The monoisotopic (exact) mass is 311 g/mol. The van der Waals surface area contributed by atoms with Crippen molar-refractivity contribution >= 4 is 9.84 Å². The van der Waals surface area contributed by atoms with Crippen LogP contribution in [0.1, 0.15) is 33.1 Å². The molecule has 5 heteroatoms. The largest absolute Gasteiger partial charge is 0.497 e. The SMILES string of the molecule is CNC1CCC(C)(C)CC1S(=O)(=O)c1cccc(OC)c1. The van der Waals surface area contributed by atoms with Crippen LogP contribution in [0.5, 0.6) is 5.75 Å².